The minimum absolute atomic E-state index is 0.630. The fourth-order valence-electron chi connectivity index (χ4n) is 3.81. The van der Waals surface area contributed by atoms with E-state index >= 15 is 0 Å². The molecule has 4 aromatic carbocycles. The molecule has 2 unspecified atom stereocenters. The first-order valence-corrected chi connectivity index (χ1v) is 13.5. The molecule has 0 amide bonds. The zero-order chi connectivity index (χ0) is 24.7. The average molecular weight is 519 g/mol. The van der Waals surface area contributed by atoms with Crippen molar-refractivity contribution in [2.75, 3.05) is 0 Å². The summed E-state index contributed by atoms with van der Waals surface area (Å²) in [6.07, 6.45) is 7.16. The van der Waals surface area contributed by atoms with E-state index in [2.05, 4.69) is 0 Å². The van der Waals surface area contributed by atoms with Crippen LogP contribution in [0.3, 0.4) is 0 Å². The van der Waals surface area contributed by atoms with Crippen molar-refractivity contribution in [2.24, 2.45) is 0 Å². The molecule has 0 N–H and O–H groups in total. The summed E-state index contributed by atoms with van der Waals surface area (Å²) < 4.78 is 28.5. The lowest BCUT2D eigenvalue weighted by molar-refractivity contribution is 0.584. The molecule has 35 heavy (non-hydrogen) atoms. The molecule has 0 heterocycles. The number of halogens is 2. The predicted molar refractivity (Wildman–Crippen MR) is 148 cm³/mol. The predicted octanol–water partition coefficient (Wildman–Crippen LogP) is 8.62. The molecule has 5 heteroatoms. The third-order valence-electron chi connectivity index (χ3n) is 5.63. The molecule has 2 nitrogen and oxygen atoms in total. The Morgan fingerprint density at radius 1 is 0.514 bits per heavy atom. The lowest BCUT2D eigenvalue weighted by Crippen LogP contribution is -2.19. The molecule has 0 aliphatic rings. The minimum Gasteiger partial charge on any atom is -0.227 e. The molecule has 0 saturated heterocycles. The van der Waals surface area contributed by atoms with E-state index in [0.717, 1.165) is 11.1 Å². The van der Waals surface area contributed by atoms with Crippen molar-refractivity contribution >= 4 is 45.2 Å². The van der Waals surface area contributed by atoms with Crippen molar-refractivity contribution in [2.45, 2.75) is 10.5 Å². The maximum Gasteiger partial charge on any atom is 0.171 e. The van der Waals surface area contributed by atoms with Crippen LogP contribution < -0.4 is 0 Å². The van der Waals surface area contributed by atoms with Crippen LogP contribution in [0.15, 0.2) is 121 Å². The highest BCUT2D eigenvalue weighted by Gasteiger charge is 2.33. The summed E-state index contributed by atoms with van der Waals surface area (Å²) in [5.41, 5.74) is 3.16. The Hall–Kier alpha value is -3.11. The van der Waals surface area contributed by atoms with Crippen LogP contribution in [0, 0.1) is 0 Å². The first kappa shape index (κ1) is 25.0. The fraction of sp³-hybridized carbons (Fsp3) is 0.0667. The first-order chi connectivity index (χ1) is 16.9. The zero-order valence-electron chi connectivity index (χ0n) is 18.8. The molecule has 0 spiro atoms. The molecular weight excluding hydrogens is 495 g/mol. The van der Waals surface area contributed by atoms with Crippen molar-refractivity contribution in [1.29, 1.82) is 0 Å². The van der Waals surface area contributed by atoms with E-state index in [4.69, 9.17) is 23.2 Å². The lowest BCUT2D eigenvalue weighted by atomic mass is 10.1. The van der Waals surface area contributed by atoms with Crippen molar-refractivity contribution in [3.63, 3.8) is 0 Å². The number of hydrogen-bond acceptors (Lipinski definition) is 2. The Balaban J connectivity index is 1.78. The summed E-state index contributed by atoms with van der Waals surface area (Å²) in [5.74, 6) is 0. The molecule has 0 saturated carbocycles. The summed E-state index contributed by atoms with van der Waals surface area (Å²) >= 11 is 12.0. The van der Waals surface area contributed by atoms with Gasteiger partial charge in [0.05, 0.1) is 0 Å². The second-order valence-corrected chi connectivity index (χ2v) is 11.1. The van der Waals surface area contributed by atoms with Crippen LogP contribution in [0.25, 0.3) is 12.2 Å². The topological polar surface area (TPSA) is 34.1 Å². The van der Waals surface area contributed by atoms with E-state index in [9.17, 15) is 8.42 Å². The van der Waals surface area contributed by atoms with E-state index in [1.807, 2.05) is 97.1 Å². The maximum absolute atomic E-state index is 14.2. The third-order valence-corrected chi connectivity index (χ3v) is 8.41. The lowest BCUT2D eigenvalue weighted by Gasteiger charge is -2.21. The maximum atomic E-state index is 14.2. The van der Waals surface area contributed by atoms with Gasteiger partial charge in [0.15, 0.2) is 9.84 Å². The molecule has 0 bridgehead atoms. The van der Waals surface area contributed by atoms with Gasteiger partial charge in [-0.05, 0) is 46.5 Å². The van der Waals surface area contributed by atoms with Gasteiger partial charge in [-0.2, -0.15) is 0 Å². The Morgan fingerprint density at radius 3 is 1.20 bits per heavy atom. The minimum atomic E-state index is -3.75. The van der Waals surface area contributed by atoms with Crippen LogP contribution in [-0.4, -0.2) is 8.42 Å². The van der Waals surface area contributed by atoms with Crippen LogP contribution in [0.1, 0.15) is 32.8 Å². The highest BCUT2D eigenvalue weighted by atomic mass is 35.5. The van der Waals surface area contributed by atoms with Gasteiger partial charge in [0, 0.05) is 10.0 Å². The second-order valence-electron chi connectivity index (χ2n) is 8.07. The number of hydrogen-bond donors (Lipinski definition) is 0. The van der Waals surface area contributed by atoms with Crippen molar-refractivity contribution in [1.82, 2.24) is 0 Å². The zero-order valence-corrected chi connectivity index (χ0v) is 21.2. The molecule has 0 aliphatic heterocycles. The number of sulfone groups is 1. The SMILES string of the molecule is O=S(=O)(C(/C=C\c1ccc(Cl)cc1)c1ccccc1)C(/C=C\c1ccc(Cl)cc1)c1ccccc1. The summed E-state index contributed by atoms with van der Waals surface area (Å²) in [6, 6.07) is 33.2. The monoisotopic (exact) mass is 518 g/mol. The molecular formula is C30H24Cl2O2S. The van der Waals surface area contributed by atoms with Gasteiger partial charge in [-0.3, -0.25) is 0 Å². The van der Waals surface area contributed by atoms with E-state index in [1.165, 1.54) is 0 Å². The van der Waals surface area contributed by atoms with Gasteiger partial charge in [0.2, 0.25) is 0 Å². The fourth-order valence-corrected chi connectivity index (χ4v) is 6.04. The summed E-state index contributed by atoms with van der Waals surface area (Å²) in [6.45, 7) is 0. The Morgan fingerprint density at radius 2 is 0.857 bits per heavy atom. The van der Waals surface area contributed by atoms with Crippen LogP contribution in [0.2, 0.25) is 10.0 Å². The Labute approximate surface area is 217 Å². The van der Waals surface area contributed by atoms with Gasteiger partial charge in [0.25, 0.3) is 0 Å². The van der Waals surface area contributed by atoms with Gasteiger partial charge in [-0.1, -0.05) is 132 Å². The molecule has 0 radical (unpaired) electrons. The highest BCUT2D eigenvalue weighted by molar-refractivity contribution is 7.92. The van der Waals surface area contributed by atoms with Crippen LogP contribution in [0.5, 0.6) is 0 Å². The van der Waals surface area contributed by atoms with E-state index < -0.39 is 20.3 Å². The van der Waals surface area contributed by atoms with Crippen LogP contribution in [-0.2, 0) is 9.84 Å². The molecule has 176 valence electrons. The highest BCUT2D eigenvalue weighted by Crippen LogP contribution is 2.37. The van der Waals surface area contributed by atoms with Gasteiger partial charge < -0.3 is 0 Å². The van der Waals surface area contributed by atoms with Crippen molar-refractivity contribution < 1.29 is 8.42 Å². The molecule has 2 atom stereocenters. The quantitative estimate of drug-likeness (QED) is 0.234. The summed E-state index contributed by atoms with van der Waals surface area (Å²) in [5, 5.41) is -0.435. The van der Waals surface area contributed by atoms with Crippen molar-refractivity contribution in [3.05, 3.63) is 154 Å². The van der Waals surface area contributed by atoms with E-state index in [0.29, 0.717) is 21.2 Å². The van der Waals surface area contributed by atoms with E-state index in [1.54, 1.807) is 36.4 Å². The number of rotatable bonds is 8. The number of benzene rings is 4. The van der Waals surface area contributed by atoms with Gasteiger partial charge in [0.1, 0.15) is 10.5 Å². The second kappa shape index (κ2) is 11.5. The Bertz CT molecular complexity index is 1290. The first-order valence-electron chi connectivity index (χ1n) is 11.1. The molecule has 0 aliphatic carbocycles. The van der Waals surface area contributed by atoms with Crippen molar-refractivity contribution in [3.8, 4) is 0 Å². The van der Waals surface area contributed by atoms with Gasteiger partial charge in [-0.25, -0.2) is 8.42 Å². The molecule has 0 aromatic heterocycles. The largest absolute Gasteiger partial charge is 0.227 e. The van der Waals surface area contributed by atoms with Gasteiger partial charge >= 0.3 is 0 Å². The van der Waals surface area contributed by atoms with E-state index in [-0.39, 0.29) is 0 Å². The van der Waals surface area contributed by atoms with Crippen LogP contribution >= 0.6 is 23.2 Å². The average Bonchev–Trinajstić information content (AvgIpc) is 2.87. The van der Waals surface area contributed by atoms with Gasteiger partial charge in [-0.15, -0.1) is 0 Å². The molecule has 4 rings (SSSR count). The third kappa shape index (κ3) is 6.52. The molecule has 0 fully saturated rings. The Kier molecular flexibility index (Phi) is 8.25. The standard InChI is InChI=1S/C30H24Cl2O2S/c31-27-17-11-23(12-18-27)15-21-29(25-7-3-1-4-8-25)35(33,34)30(26-9-5-2-6-10-26)22-16-24-13-19-28(32)20-14-24/h1-22,29-30H/b21-15-,22-16-. The smallest absolute Gasteiger partial charge is 0.171 e. The summed E-state index contributed by atoms with van der Waals surface area (Å²) in [7, 11) is -3.75. The normalized spacial score (nSPS) is 13.8. The summed E-state index contributed by atoms with van der Waals surface area (Å²) in [4.78, 5) is 0. The molecule has 4 aromatic rings. The van der Waals surface area contributed by atoms with Crippen LogP contribution in [0.4, 0.5) is 0 Å².